The molecule has 3 N–H and O–H groups in total. The van der Waals surface area contributed by atoms with E-state index in [0.29, 0.717) is 5.69 Å². The van der Waals surface area contributed by atoms with E-state index >= 15 is 0 Å². The van der Waals surface area contributed by atoms with E-state index in [2.05, 4.69) is 0 Å². The number of rotatable bonds is 4. The zero-order valence-corrected chi connectivity index (χ0v) is 11.4. The summed E-state index contributed by atoms with van der Waals surface area (Å²) >= 11 is 0. The van der Waals surface area contributed by atoms with Gasteiger partial charge in [0.15, 0.2) is 0 Å². The first kappa shape index (κ1) is 15.0. The van der Waals surface area contributed by atoms with Crippen LogP contribution in [0.3, 0.4) is 0 Å². The molecule has 0 atom stereocenters. The van der Waals surface area contributed by atoms with Gasteiger partial charge in [0.05, 0.1) is 11.3 Å². The highest BCUT2D eigenvalue weighted by Crippen LogP contribution is 2.25. The number of nitrogen functional groups attached to an aromatic ring is 1. The molecule has 104 valence electrons. The first-order chi connectivity index (χ1) is 8.70. The number of carboxylic acids is 1. The molecular formula is C13H18N2O4. The molecule has 0 fully saturated rings. The highest BCUT2D eigenvalue weighted by atomic mass is 16.5. The highest BCUT2D eigenvalue weighted by molar-refractivity contribution is 6.04. The number of anilines is 2. The van der Waals surface area contributed by atoms with E-state index in [1.807, 2.05) is 0 Å². The molecule has 1 aromatic rings. The van der Waals surface area contributed by atoms with Gasteiger partial charge >= 0.3 is 5.97 Å². The molecule has 0 saturated heterocycles. The summed E-state index contributed by atoms with van der Waals surface area (Å²) in [5, 5.41) is 9.16. The molecule has 6 nitrogen and oxygen atoms in total. The first-order valence-corrected chi connectivity index (χ1v) is 5.67. The summed E-state index contributed by atoms with van der Waals surface area (Å²) in [6, 6.07) is 4.37. The molecule has 0 radical (unpaired) electrons. The molecule has 0 spiro atoms. The minimum absolute atomic E-state index is 0.0252. The first-order valence-electron chi connectivity index (χ1n) is 5.67. The Morgan fingerprint density at radius 2 is 1.95 bits per heavy atom. The number of likely N-dealkylation sites (N-methyl/N-ethyl adjacent to an activating group) is 1. The molecule has 0 aromatic heterocycles. The Labute approximate surface area is 111 Å². The molecule has 0 bridgehead atoms. The largest absolute Gasteiger partial charge is 0.478 e. The van der Waals surface area contributed by atoms with Crippen LogP contribution in [0.15, 0.2) is 18.2 Å². The van der Waals surface area contributed by atoms with Crippen LogP contribution in [0.1, 0.15) is 24.2 Å². The van der Waals surface area contributed by atoms with Crippen molar-refractivity contribution in [3.63, 3.8) is 0 Å². The predicted octanol–water partition coefficient (Wildman–Crippen LogP) is 1.35. The van der Waals surface area contributed by atoms with E-state index in [4.69, 9.17) is 15.6 Å². The van der Waals surface area contributed by atoms with E-state index in [1.165, 1.54) is 31.2 Å². The summed E-state index contributed by atoms with van der Waals surface area (Å²) in [6.07, 6.45) is 0. The molecule has 0 aliphatic carbocycles. The monoisotopic (exact) mass is 266 g/mol. The molecule has 0 aliphatic heterocycles. The van der Waals surface area contributed by atoms with E-state index in [1.54, 1.807) is 19.9 Å². The average molecular weight is 266 g/mol. The Hall–Kier alpha value is -2.08. The van der Waals surface area contributed by atoms with Gasteiger partial charge in [-0.15, -0.1) is 0 Å². The number of aromatic carboxylic acids is 1. The lowest BCUT2D eigenvalue weighted by Gasteiger charge is -2.29. The van der Waals surface area contributed by atoms with Gasteiger partial charge in [-0.1, -0.05) is 0 Å². The van der Waals surface area contributed by atoms with Crippen molar-refractivity contribution in [1.29, 1.82) is 0 Å². The topological polar surface area (TPSA) is 92.9 Å². The summed E-state index contributed by atoms with van der Waals surface area (Å²) in [5.74, 6) is -1.49. The van der Waals surface area contributed by atoms with Crippen molar-refractivity contribution in [2.45, 2.75) is 19.4 Å². The minimum atomic E-state index is -1.14. The van der Waals surface area contributed by atoms with Gasteiger partial charge in [0.2, 0.25) is 0 Å². The smallest absolute Gasteiger partial charge is 0.337 e. The van der Waals surface area contributed by atoms with Crippen molar-refractivity contribution < 1.29 is 19.4 Å². The number of carboxylic acid groups (broad SMARTS) is 1. The minimum Gasteiger partial charge on any atom is -0.478 e. The fourth-order valence-corrected chi connectivity index (χ4v) is 1.62. The molecule has 6 heteroatoms. The van der Waals surface area contributed by atoms with Crippen molar-refractivity contribution in [3.8, 4) is 0 Å². The number of hydrogen-bond donors (Lipinski definition) is 2. The molecular weight excluding hydrogens is 248 g/mol. The predicted molar refractivity (Wildman–Crippen MR) is 72.3 cm³/mol. The van der Waals surface area contributed by atoms with Crippen molar-refractivity contribution in [3.05, 3.63) is 23.8 Å². The summed E-state index contributed by atoms with van der Waals surface area (Å²) in [4.78, 5) is 24.7. The number of nitrogens with two attached hydrogens (primary N) is 1. The van der Waals surface area contributed by atoms with Crippen molar-refractivity contribution in [1.82, 2.24) is 0 Å². The summed E-state index contributed by atoms with van der Waals surface area (Å²) in [6.45, 7) is 3.23. The molecule has 0 aliphatic rings. The van der Waals surface area contributed by atoms with Gasteiger partial charge in [0.25, 0.3) is 5.91 Å². The normalized spacial score (nSPS) is 11.2. The lowest BCUT2D eigenvalue weighted by Crippen LogP contribution is -2.45. The Morgan fingerprint density at radius 3 is 2.42 bits per heavy atom. The highest BCUT2D eigenvalue weighted by Gasteiger charge is 2.32. The third-order valence-electron chi connectivity index (χ3n) is 2.94. The number of amides is 1. The lowest BCUT2D eigenvalue weighted by molar-refractivity contribution is -0.136. The summed E-state index contributed by atoms with van der Waals surface area (Å²) in [7, 11) is 2.92. The van der Waals surface area contributed by atoms with Crippen molar-refractivity contribution >= 4 is 23.3 Å². The van der Waals surface area contributed by atoms with Crippen LogP contribution in [0.25, 0.3) is 0 Å². The molecule has 1 amide bonds. The second kappa shape index (κ2) is 5.27. The van der Waals surface area contributed by atoms with Gasteiger partial charge in [-0.05, 0) is 32.0 Å². The Kier molecular flexibility index (Phi) is 4.16. The number of carbonyl (C=O) groups is 2. The quantitative estimate of drug-likeness (QED) is 0.802. The van der Waals surface area contributed by atoms with Crippen LogP contribution in [-0.2, 0) is 9.53 Å². The maximum atomic E-state index is 12.2. The van der Waals surface area contributed by atoms with E-state index < -0.39 is 11.6 Å². The van der Waals surface area contributed by atoms with Crippen LogP contribution < -0.4 is 10.6 Å². The number of nitrogens with zero attached hydrogens (tertiary/aromatic N) is 1. The maximum Gasteiger partial charge on any atom is 0.337 e. The van der Waals surface area contributed by atoms with Crippen LogP contribution in [-0.4, -0.2) is 36.7 Å². The average Bonchev–Trinajstić information content (AvgIpc) is 2.36. The Bertz CT molecular complexity index is 511. The van der Waals surface area contributed by atoms with Crippen LogP contribution >= 0.6 is 0 Å². The molecule has 0 unspecified atom stereocenters. The Morgan fingerprint density at radius 1 is 1.37 bits per heavy atom. The number of ether oxygens (including phenoxy) is 1. The van der Waals surface area contributed by atoms with Crippen LogP contribution in [0.5, 0.6) is 0 Å². The second-order valence-corrected chi connectivity index (χ2v) is 4.66. The van der Waals surface area contributed by atoms with Gasteiger partial charge < -0.3 is 20.5 Å². The molecule has 1 aromatic carbocycles. The second-order valence-electron chi connectivity index (χ2n) is 4.66. The Balaban J connectivity index is 3.23. The van der Waals surface area contributed by atoms with Crippen molar-refractivity contribution in [2.24, 2.45) is 0 Å². The third kappa shape index (κ3) is 3.03. The molecule has 1 rings (SSSR count). The fraction of sp³-hybridized carbons (Fsp3) is 0.385. The summed E-state index contributed by atoms with van der Waals surface area (Å²) in [5.41, 5.74) is 5.10. The van der Waals surface area contributed by atoms with Crippen LogP contribution in [0.2, 0.25) is 0 Å². The van der Waals surface area contributed by atoms with E-state index in [-0.39, 0.29) is 17.2 Å². The summed E-state index contributed by atoms with van der Waals surface area (Å²) < 4.78 is 5.10. The van der Waals surface area contributed by atoms with Gasteiger partial charge in [0, 0.05) is 19.8 Å². The zero-order chi connectivity index (χ0) is 14.8. The van der Waals surface area contributed by atoms with E-state index in [9.17, 15) is 9.59 Å². The molecule has 0 saturated carbocycles. The standard InChI is InChI=1S/C13H18N2O4/c1-13(2,19-4)12(18)15(3)10-6-5-8(14)7-9(10)11(16)17/h5-7H,14H2,1-4H3,(H,16,17). The lowest BCUT2D eigenvalue weighted by atomic mass is 10.1. The van der Waals surface area contributed by atoms with Gasteiger partial charge in [-0.3, -0.25) is 4.79 Å². The number of methoxy groups -OCH3 is 1. The van der Waals surface area contributed by atoms with E-state index in [0.717, 1.165) is 0 Å². The molecule has 0 heterocycles. The van der Waals surface area contributed by atoms with Crippen LogP contribution in [0.4, 0.5) is 11.4 Å². The van der Waals surface area contributed by atoms with Crippen LogP contribution in [0, 0.1) is 0 Å². The van der Waals surface area contributed by atoms with Gasteiger partial charge in [-0.25, -0.2) is 4.79 Å². The number of carbonyl (C=O) groups excluding carboxylic acids is 1. The number of hydrogen-bond acceptors (Lipinski definition) is 4. The van der Waals surface area contributed by atoms with Crippen molar-refractivity contribution in [2.75, 3.05) is 24.8 Å². The zero-order valence-electron chi connectivity index (χ0n) is 11.4. The molecule has 19 heavy (non-hydrogen) atoms. The SMILES string of the molecule is COC(C)(C)C(=O)N(C)c1ccc(N)cc1C(=O)O. The van der Waals surface area contributed by atoms with Gasteiger partial charge in [0.1, 0.15) is 5.60 Å². The number of benzene rings is 1. The third-order valence-corrected chi connectivity index (χ3v) is 2.94. The van der Waals surface area contributed by atoms with Gasteiger partial charge in [-0.2, -0.15) is 0 Å². The fourth-order valence-electron chi connectivity index (χ4n) is 1.62. The maximum absolute atomic E-state index is 12.2.